The molecule has 2 aromatic heterocycles. The summed E-state index contributed by atoms with van der Waals surface area (Å²) < 4.78 is 5.36. The predicted octanol–water partition coefficient (Wildman–Crippen LogP) is 5.41. The highest BCUT2D eigenvalue weighted by Crippen LogP contribution is 2.39. The van der Waals surface area contributed by atoms with Crippen LogP contribution in [-0.2, 0) is 4.79 Å². The molecule has 7 heteroatoms. The molecule has 0 saturated heterocycles. The molecule has 2 N–H and O–H groups in total. The second kappa shape index (κ2) is 8.28. The van der Waals surface area contributed by atoms with E-state index >= 15 is 0 Å². The van der Waals surface area contributed by atoms with Crippen molar-refractivity contribution < 1.29 is 14.3 Å². The van der Waals surface area contributed by atoms with E-state index in [-0.39, 0.29) is 12.5 Å². The summed E-state index contributed by atoms with van der Waals surface area (Å²) in [5.74, 6) is -0.129. The van der Waals surface area contributed by atoms with Gasteiger partial charge in [-0.05, 0) is 12.5 Å². The van der Waals surface area contributed by atoms with E-state index < -0.39 is 5.97 Å². The summed E-state index contributed by atoms with van der Waals surface area (Å²) in [6.45, 7) is 1.84. The minimum absolute atomic E-state index is 0.0292. The zero-order chi connectivity index (χ0) is 20.2. The van der Waals surface area contributed by atoms with Crippen LogP contribution in [0.3, 0.4) is 0 Å². The van der Waals surface area contributed by atoms with Crippen LogP contribution < -0.4 is 5.32 Å². The molecule has 0 radical (unpaired) electrons. The Morgan fingerprint density at radius 3 is 2.48 bits per heavy atom. The lowest BCUT2D eigenvalue weighted by atomic mass is 10.0. The molecule has 1 atom stereocenters. The summed E-state index contributed by atoms with van der Waals surface area (Å²) in [5, 5.41) is 12.9. The number of hydrogen-bond donors (Lipinski definition) is 2. The Hall–Kier alpha value is -3.45. The van der Waals surface area contributed by atoms with Crippen LogP contribution in [0.15, 0.2) is 71.6 Å². The molecule has 146 valence electrons. The number of thiazole rings is 1. The predicted molar refractivity (Wildman–Crippen MR) is 114 cm³/mol. The van der Waals surface area contributed by atoms with Gasteiger partial charge in [-0.25, -0.2) is 9.97 Å². The van der Waals surface area contributed by atoms with Crippen molar-refractivity contribution in [2.75, 3.05) is 5.32 Å². The molecular formula is C22H19N3O3S. The van der Waals surface area contributed by atoms with Gasteiger partial charge in [0.1, 0.15) is 0 Å². The number of rotatable bonds is 7. The number of benzene rings is 2. The highest BCUT2D eigenvalue weighted by molar-refractivity contribution is 7.19. The Bertz CT molecular complexity index is 1090. The standard InChI is InChI=1S/C22H19N3O3S/c1-14(11-19(26)27)24-22-25-20(21(29-22)17-5-3-2-4-6-17)16-9-7-15(8-10-16)18-12-23-13-28-18/h2-10,12-14H,11H2,1H3,(H,24,25)(H,26,27). The Labute approximate surface area is 171 Å². The SMILES string of the molecule is CC(CC(=O)O)Nc1nc(-c2ccc(-c3cnco3)cc2)c(-c2ccccc2)s1. The van der Waals surface area contributed by atoms with E-state index in [2.05, 4.69) is 10.3 Å². The van der Waals surface area contributed by atoms with Gasteiger partial charge in [0.25, 0.3) is 0 Å². The molecular weight excluding hydrogens is 386 g/mol. The zero-order valence-electron chi connectivity index (χ0n) is 15.7. The zero-order valence-corrected chi connectivity index (χ0v) is 16.5. The minimum Gasteiger partial charge on any atom is -0.481 e. The number of anilines is 1. The maximum Gasteiger partial charge on any atom is 0.305 e. The Morgan fingerprint density at radius 2 is 1.83 bits per heavy atom. The van der Waals surface area contributed by atoms with Gasteiger partial charge >= 0.3 is 5.97 Å². The van der Waals surface area contributed by atoms with Crippen LogP contribution in [0.2, 0.25) is 0 Å². The number of oxazole rings is 1. The van der Waals surface area contributed by atoms with Crippen molar-refractivity contribution in [1.29, 1.82) is 0 Å². The molecule has 0 aliphatic heterocycles. The van der Waals surface area contributed by atoms with Crippen LogP contribution in [0, 0.1) is 0 Å². The highest BCUT2D eigenvalue weighted by Gasteiger charge is 2.17. The summed E-state index contributed by atoms with van der Waals surface area (Å²) in [5.41, 5.74) is 3.84. The molecule has 4 rings (SSSR count). The van der Waals surface area contributed by atoms with Gasteiger partial charge in [0.15, 0.2) is 17.3 Å². The first kappa shape index (κ1) is 18.9. The molecule has 2 heterocycles. The van der Waals surface area contributed by atoms with Crippen LogP contribution in [0.1, 0.15) is 13.3 Å². The van der Waals surface area contributed by atoms with Crippen molar-refractivity contribution >= 4 is 22.4 Å². The number of aromatic nitrogens is 2. The molecule has 0 saturated carbocycles. The number of carboxylic acids is 1. The van der Waals surface area contributed by atoms with Gasteiger partial charge in [-0.15, -0.1) is 0 Å². The summed E-state index contributed by atoms with van der Waals surface area (Å²) in [7, 11) is 0. The van der Waals surface area contributed by atoms with Crippen molar-refractivity contribution in [3.63, 3.8) is 0 Å². The van der Waals surface area contributed by atoms with E-state index in [1.165, 1.54) is 17.7 Å². The van der Waals surface area contributed by atoms with Crippen LogP contribution in [-0.4, -0.2) is 27.1 Å². The summed E-state index contributed by atoms with van der Waals surface area (Å²) in [6, 6.07) is 17.8. The monoisotopic (exact) mass is 405 g/mol. The van der Waals surface area contributed by atoms with Crippen molar-refractivity contribution in [2.24, 2.45) is 0 Å². The fourth-order valence-electron chi connectivity index (χ4n) is 3.04. The van der Waals surface area contributed by atoms with Gasteiger partial charge in [-0.1, -0.05) is 65.9 Å². The molecule has 0 aliphatic rings. The lowest BCUT2D eigenvalue weighted by Crippen LogP contribution is -2.19. The molecule has 0 spiro atoms. The van der Waals surface area contributed by atoms with Gasteiger partial charge in [-0.2, -0.15) is 0 Å². The Morgan fingerprint density at radius 1 is 1.10 bits per heavy atom. The fraction of sp³-hybridized carbons (Fsp3) is 0.136. The summed E-state index contributed by atoms with van der Waals surface area (Å²) >= 11 is 1.52. The largest absolute Gasteiger partial charge is 0.481 e. The third-order valence-electron chi connectivity index (χ3n) is 4.39. The van der Waals surface area contributed by atoms with Crippen LogP contribution in [0.25, 0.3) is 33.0 Å². The molecule has 4 aromatic rings. The first-order valence-corrected chi connectivity index (χ1v) is 9.95. The average molecular weight is 405 g/mol. The smallest absolute Gasteiger partial charge is 0.305 e. The number of hydrogen-bond acceptors (Lipinski definition) is 6. The lowest BCUT2D eigenvalue weighted by Gasteiger charge is -2.09. The number of carboxylic acid groups (broad SMARTS) is 1. The van der Waals surface area contributed by atoms with Gasteiger partial charge in [0, 0.05) is 17.2 Å². The number of aliphatic carboxylic acids is 1. The second-order valence-electron chi connectivity index (χ2n) is 6.65. The third-order valence-corrected chi connectivity index (χ3v) is 5.42. The van der Waals surface area contributed by atoms with Gasteiger partial charge < -0.3 is 14.8 Å². The van der Waals surface area contributed by atoms with Crippen molar-refractivity contribution in [2.45, 2.75) is 19.4 Å². The van der Waals surface area contributed by atoms with Crippen LogP contribution >= 0.6 is 11.3 Å². The molecule has 1 unspecified atom stereocenters. The summed E-state index contributed by atoms with van der Waals surface area (Å²) in [4.78, 5) is 20.7. The van der Waals surface area contributed by atoms with E-state index in [1.807, 2.05) is 61.5 Å². The first-order valence-electron chi connectivity index (χ1n) is 9.14. The van der Waals surface area contributed by atoms with E-state index in [0.29, 0.717) is 10.9 Å². The van der Waals surface area contributed by atoms with Crippen molar-refractivity contribution in [1.82, 2.24) is 9.97 Å². The number of nitrogens with zero attached hydrogens (tertiary/aromatic N) is 2. The average Bonchev–Trinajstić information content (AvgIpc) is 3.38. The van der Waals surface area contributed by atoms with Crippen LogP contribution in [0.4, 0.5) is 5.13 Å². The molecule has 29 heavy (non-hydrogen) atoms. The Balaban J connectivity index is 1.70. The van der Waals surface area contributed by atoms with E-state index in [4.69, 9.17) is 14.5 Å². The first-order chi connectivity index (χ1) is 14.1. The molecule has 0 fully saturated rings. The van der Waals surface area contributed by atoms with Gasteiger partial charge in [0.2, 0.25) is 0 Å². The second-order valence-corrected chi connectivity index (χ2v) is 7.65. The molecule has 0 aliphatic carbocycles. The normalized spacial score (nSPS) is 11.9. The van der Waals surface area contributed by atoms with Gasteiger partial charge in [0.05, 0.1) is 23.2 Å². The number of nitrogens with one attached hydrogen (secondary N) is 1. The quantitative estimate of drug-likeness (QED) is 0.428. The van der Waals surface area contributed by atoms with Crippen molar-refractivity contribution in [3.05, 3.63) is 67.2 Å². The minimum atomic E-state index is -0.840. The highest BCUT2D eigenvalue weighted by atomic mass is 32.1. The summed E-state index contributed by atoms with van der Waals surface area (Å²) in [6.07, 6.45) is 3.12. The number of carbonyl (C=O) groups is 1. The molecule has 2 aromatic carbocycles. The maximum absolute atomic E-state index is 11.0. The van der Waals surface area contributed by atoms with Gasteiger partial charge in [-0.3, -0.25) is 4.79 Å². The van der Waals surface area contributed by atoms with E-state index in [0.717, 1.165) is 27.3 Å². The van der Waals surface area contributed by atoms with Crippen molar-refractivity contribution in [3.8, 4) is 33.0 Å². The van der Waals surface area contributed by atoms with Crippen LogP contribution in [0.5, 0.6) is 0 Å². The fourth-order valence-corrected chi connectivity index (χ4v) is 4.14. The maximum atomic E-state index is 11.0. The van der Waals surface area contributed by atoms with E-state index in [9.17, 15) is 4.79 Å². The molecule has 0 bridgehead atoms. The third kappa shape index (κ3) is 4.35. The molecule has 0 amide bonds. The Kier molecular flexibility index (Phi) is 5.39. The lowest BCUT2D eigenvalue weighted by molar-refractivity contribution is -0.137. The van der Waals surface area contributed by atoms with E-state index in [1.54, 1.807) is 6.20 Å². The topological polar surface area (TPSA) is 88.2 Å². The molecule has 6 nitrogen and oxygen atoms in total.